The van der Waals surface area contributed by atoms with Gasteiger partial charge in [0.15, 0.2) is 0 Å². The van der Waals surface area contributed by atoms with Crippen molar-refractivity contribution < 1.29 is 4.74 Å². The van der Waals surface area contributed by atoms with Crippen LogP contribution in [0.25, 0.3) is 0 Å². The summed E-state index contributed by atoms with van der Waals surface area (Å²) in [5, 5.41) is 0.591. The smallest absolute Gasteiger partial charge is 0.111 e. The molecule has 3 N–H and O–H groups in total. The van der Waals surface area contributed by atoms with E-state index in [2.05, 4.69) is 11.5 Å². The number of ether oxygens (including phenoxy) is 1. The molecular formula is C11H20N2OS. The van der Waals surface area contributed by atoms with Crippen molar-refractivity contribution >= 4 is 11.8 Å². The summed E-state index contributed by atoms with van der Waals surface area (Å²) < 4.78 is 5.69. The third-order valence-corrected chi connectivity index (χ3v) is 4.50. The van der Waals surface area contributed by atoms with Gasteiger partial charge in [-0.15, -0.1) is 0 Å². The molecule has 1 fully saturated rings. The molecule has 2 rings (SSSR count). The van der Waals surface area contributed by atoms with E-state index in [9.17, 15) is 0 Å². The molecule has 0 aromatic heterocycles. The van der Waals surface area contributed by atoms with Crippen molar-refractivity contribution in [2.75, 3.05) is 12.4 Å². The minimum atomic E-state index is 0.218. The fraction of sp³-hybridized carbons (Fsp3) is 0.818. The molecule has 86 valence electrons. The molecule has 2 unspecified atom stereocenters. The fourth-order valence-electron chi connectivity index (χ4n) is 2.19. The van der Waals surface area contributed by atoms with Crippen LogP contribution in [-0.2, 0) is 4.74 Å². The van der Waals surface area contributed by atoms with Crippen LogP contribution in [-0.4, -0.2) is 23.7 Å². The van der Waals surface area contributed by atoms with E-state index in [1.54, 1.807) is 0 Å². The Balaban J connectivity index is 1.98. The molecular weight excluding hydrogens is 208 g/mol. The maximum atomic E-state index is 5.69. The lowest BCUT2D eigenvalue weighted by molar-refractivity contribution is 0.165. The van der Waals surface area contributed by atoms with E-state index in [1.807, 2.05) is 11.8 Å². The van der Waals surface area contributed by atoms with Crippen LogP contribution in [0.1, 0.15) is 32.1 Å². The van der Waals surface area contributed by atoms with Gasteiger partial charge in [-0.25, -0.2) is 5.43 Å². The van der Waals surface area contributed by atoms with E-state index in [-0.39, 0.29) is 6.04 Å². The number of nitrogens with one attached hydrogen (secondary N) is 1. The summed E-state index contributed by atoms with van der Waals surface area (Å²) in [5.74, 6) is 7.98. The summed E-state index contributed by atoms with van der Waals surface area (Å²) in [5.41, 5.74) is 2.93. The van der Waals surface area contributed by atoms with Crippen LogP contribution in [0.5, 0.6) is 0 Å². The molecule has 0 amide bonds. The van der Waals surface area contributed by atoms with Crippen molar-refractivity contribution in [3.63, 3.8) is 0 Å². The van der Waals surface area contributed by atoms with Crippen molar-refractivity contribution in [2.24, 2.45) is 5.84 Å². The molecule has 0 saturated carbocycles. The normalized spacial score (nSPS) is 29.1. The topological polar surface area (TPSA) is 47.3 Å². The van der Waals surface area contributed by atoms with Crippen LogP contribution >= 0.6 is 11.8 Å². The Morgan fingerprint density at radius 1 is 1.47 bits per heavy atom. The van der Waals surface area contributed by atoms with E-state index in [4.69, 9.17) is 10.6 Å². The maximum Gasteiger partial charge on any atom is 0.111 e. The maximum absolute atomic E-state index is 5.69. The summed E-state index contributed by atoms with van der Waals surface area (Å²) in [4.78, 5) is 0. The standard InChI is InChI=1S/C11H20N2OS/c12-13-11(9-5-1-3-7-14-9)10-6-2-4-8-15-10/h5,10-11,13H,1-4,6-8,12H2. The monoisotopic (exact) mass is 228 g/mol. The van der Waals surface area contributed by atoms with Gasteiger partial charge in [0.25, 0.3) is 0 Å². The van der Waals surface area contributed by atoms with E-state index in [0.717, 1.165) is 25.2 Å². The quantitative estimate of drug-likeness (QED) is 0.571. The number of nitrogens with two attached hydrogens (primary N) is 1. The fourth-order valence-corrected chi connectivity index (χ4v) is 3.61. The van der Waals surface area contributed by atoms with E-state index in [0.29, 0.717) is 5.25 Å². The van der Waals surface area contributed by atoms with Gasteiger partial charge >= 0.3 is 0 Å². The van der Waals surface area contributed by atoms with E-state index >= 15 is 0 Å². The van der Waals surface area contributed by atoms with Gasteiger partial charge in [-0.3, -0.25) is 5.84 Å². The molecule has 15 heavy (non-hydrogen) atoms. The molecule has 0 aromatic rings. The second-order valence-electron chi connectivity index (χ2n) is 4.15. The molecule has 2 heterocycles. The number of thioether (sulfide) groups is 1. The van der Waals surface area contributed by atoms with Crippen molar-refractivity contribution in [2.45, 2.75) is 43.4 Å². The summed E-state index contributed by atoms with van der Waals surface area (Å²) in [7, 11) is 0. The van der Waals surface area contributed by atoms with Crippen molar-refractivity contribution in [3.8, 4) is 0 Å². The largest absolute Gasteiger partial charge is 0.497 e. The van der Waals surface area contributed by atoms with Crippen LogP contribution in [0.15, 0.2) is 11.8 Å². The average molecular weight is 228 g/mol. The minimum absolute atomic E-state index is 0.218. The zero-order valence-electron chi connectivity index (χ0n) is 9.08. The lowest BCUT2D eigenvalue weighted by Gasteiger charge is -2.32. The van der Waals surface area contributed by atoms with Crippen molar-refractivity contribution in [3.05, 3.63) is 11.8 Å². The molecule has 0 bridgehead atoms. The summed E-state index contributed by atoms with van der Waals surface area (Å²) in [6.45, 7) is 0.849. The number of rotatable bonds is 3. The first-order chi connectivity index (χ1) is 7.42. The number of hydrogen-bond donors (Lipinski definition) is 2. The Morgan fingerprint density at radius 2 is 2.40 bits per heavy atom. The van der Waals surface area contributed by atoms with Gasteiger partial charge in [0.05, 0.1) is 12.6 Å². The highest BCUT2D eigenvalue weighted by Crippen LogP contribution is 2.31. The predicted octanol–water partition coefficient (Wildman–Crippen LogP) is 1.80. The van der Waals surface area contributed by atoms with Gasteiger partial charge in [-0.05, 0) is 37.5 Å². The first kappa shape index (κ1) is 11.3. The number of allylic oxidation sites excluding steroid dienone is 1. The Labute approximate surface area is 95.8 Å². The third-order valence-electron chi connectivity index (χ3n) is 3.04. The SMILES string of the molecule is NNC(C1=CCCCO1)C1CCCCS1. The third kappa shape index (κ3) is 2.89. The number of hydrogen-bond acceptors (Lipinski definition) is 4. The highest BCUT2D eigenvalue weighted by atomic mass is 32.2. The molecule has 2 aliphatic heterocycles. The van der Waals surface area contributed by atoms with E-state index in [1.165, 1.54) is 25.0 Å². The van der Waals surface area contributed by atoms with Gasteiger partial charge in [0.2, 0.25) is 0 Å². The van der Waals surface area contributed by atoms with Gasteiger partial charge in [-0.1, -0.05) is 6.42 Å². The molecule has 0 aromatic carbocycles. The molecule has 0 radical (unpaired) electrons. The molecule has 0 aliphatic carbocycles. The van der Waals surface area contributed by atoms with Crippen LogP contribution < -0.4 is 11.3 Å². The minimum Gasteiger partial charge on any atom is -0.497 e. The van der Waals surface area contributed by atoms with Gasteiger partial charge in [-0.2, -0.15) is 11.8 Å². The Bertz CT molecular complexity index is 227. The predicted molar refractivity (Wildman–Crippen MR) is 64.5 cm³/mol. The molecule has 2 aliphatic rings. The second-order valence-corrected chi connectivity index (χ2v) is 5.49. The van der Waals surface area contributed by atoms with Crippen LogP contribution in [0.2, 0.25) is 0 Å². The average Bonchev–Trinajstić information content (AvgIpc) is 2.33. The van der Waals surface area contributed by atoms with Crippen LogP contribution in [0, 0.1) is 0 Å². The molecule has 4 heteroatoms. The lowest BCUT2D eigenvalue weighted by atomic mass is 10.0. The summed E-state index contributed by atoms with van der Waals surface area (Å²) in [6.07, 6.45) is 8.38. The number of hydrazine groups is 1. The van der Waals surface area contributed by atoms with Crippen LogP contribution in [0.4, 0.5) is 0 Å². The van der Waals surface area contributed by atoms with Crippen molar-refractivity contribution in [1.82, 2.24) is 5.43 Å². The molecule has 2 atom stereocenters. The Morgan fingerprint density at radius 3 is 3.00 bits per heavy atom. The zero-order valence-corrected chi connectivity index (χ0v) is 9.89. The van der Waals surface area contributed by atoms with Gasteiger partial charge < -0.3 is 4.74 Å². The Hall–Kier alpha value is -0.190. The van der Waals surface area contributed by atoms with Gasteiger partial charge in [0.1, 0.15) is 5.76 Å². The molecule has 0 spiro atoms. The summed E-state index contributed by atoms with van der Waals surface area (Å²) >= 11 is 2.03. The van der Waals surface area contributed by atoms with Gasteiger partial charge in [0, 0.05) is 5.25 Å². The summed E-state index contributed by atoms with van der Waals surface area (Å²) in [6, 6.07) is 0.218. The highest BCUT2D eigenvalue weighted by molar-refractivity contribution is 8.00. The second kappa shape index (κ2) is 5.77. The highest BCUT2D eigenvalue weighted by Gasteiger charge is 2.28. The molecule has 3 nitrogen and oxygen atoms in total. The molecule has 1 saturated heterocycles. The lowest BCUT2D eigenvalue weighted by Crippen LogP contribution is -2.45. The first-order valence-corrected chi connectivity index (χ1v) is 6.87. The zero-order chi connectivity index (χ0) is 10.5. The Kier molecular flexibility index (Phi) is 4.35. The first-order valence-electron chi connectivity index (χ1n) is 5.82. The van der Waals surface area contributed by atoms with E-state index < -0.39 is 0 Å². The van der Waals surface area contributed by atoms with Crippen molar-refractivity contribution in [1.29, 1.82) is 0 Å². The van der Waals surface area contributed by atoms with Crippen LogP contribution in [0.3, 0.4) is 0 Å².